The SMILES string of the molecule is CC(OCCNCC1CCCC1)c1ccccc1. The molecule has 2 heteroatoms. The molecule has 0 amide bonds. The Kier molecular flexibility index (Phi) is 5.69. The van der Waals surface area contributed by atoms with Crippen molar-refractivity contribution >= 4 is 0 Å². The van der Waals surface area contributed by atoms with E-state index in [9.17, 15) is 0 Å². The molecule has 0 saturated heterocycles. The molecule has 1 atom stereocenters. The molecule has 0 aromatic heterocycles. The fraction of sp³-hybridized carbons (Fsp3) is 0.625. The second kappa shape index (κ2) is 7.55. The first-order chi connectivity index (χ1) is 8.86. The summed E-state index contributed by atoms with van der Waals surface area (Å²) in [5, 5.41) is 3.51. The molecule has 1 aliphatic carbocycles. The van der Waals surface area contributed by atoms with Gasteiger partial charge in [0.05, 0.1) is 12.7 Å². The van der Waals surface area contributed by atoms with Crippen LogP contribution < -0.4 is 5.32 Å². The molecule has 1 aromatic rings. The van der Waals surface area contributed by atoms with Crippen molar-refractivity contribution in [2.45, 2.75) is 38.7 Å². The lowest BCUT2D eigenvalue weighted by molar-refractivity contribution is 0.0674. The summed E-state index contributed by atoms with van der Waals surface area (Å²) in [5.74, 6) is 0.913. The number of rotatable bonds is 7. The summed E-state index contributed by atoms with van der Waals surface area (Å²) in [7, 11) is 0. The summed E-state index contributed by atoms with van der Waals surface area (Å²) >= 11 is 0. The van der Waals surface area contributed by atoms with Gasteiger partial charge in [-0.25, -0.2) is 0 Å². The minimum Gasteiger partial charge on any atom is -0.373 e. The van der Waals surface area contributed by atoms with E-state index in [1.165, 1.54) is 37.8 Å². The highest BCUT2D eigenvalue weighted by Crippen LogP contribution is 2.23. The van der Waals surface area contributed by atoms with Gasteiger partial charge in [-0.1, -0.05) is 43.2 Å². The maximum absolute atomic E-state index is 5.83. The van der Waals surface area contributed by atoms with E-state index in [2.05, 4.69) is 36.5 Å². The van der Waals surface area contributed by atoms with Crippen molar-refractivity contribution < 1.29 is 4.74 Å². The molecule has 0 radical (unpaired) electrons. The number of hydrogen-bond donors (Lipinski definition) is 1. The van der Waals surface area contributed by atoms with Gasteiger partial charge in [-0.2, -0.15) is 0 Å². The summed E-state index contributed by atoms with van der Waals surface area (Å²) < 4.78 is 5.83. The topological polar surface area (TPSA) is 21.3 Å². The number of nitrogens with one attached hydrogen (secondary N) is 1. The normalized spacial score (nSPS) is 18.1. The van der Waals surface area contributed by atoms with Crippen molar-refractivity contribution in [1.29, 1.82) is 0 Å². The largest absolute Gasteiger partial charge is 0.373 e. The molecule has 0 aliphatic heterocycles. The molecule has 2 rings (SSSR count). The summed E-state index contributed by atoms with van der Waals surface area (Å²) in [6, 6.07) is 10.4. The van der Waals surface area contributed by atoms with Crippen molar-refractivity contribution in [1.82, 2.24) is 5.32 Å². The third-order valence-electron chi connectivity index (χ3n) is 3.82. The Morgan fingerprint density at radius 2 is 1.94 bits per heavy atom. The molecule has 2 nitrogen and oxygen atoms in total. The molecular formula is C16H25NO. The molecule has 1 aromatic carbocycles. The van der Waals surface area contributed by atoms with Gasteiger partial charge in [0.15, 0.2) is 0 Å². The summed E-state index contributed by atoms with van der Waals surface area (Å²) in [5.41, 5.74) is 1.26. The fourth-order valence-corrected chi connectivity index (χ4v) is 2.65. The second-order valence-electron chi connectivity index (χ2n) is 5.28. The number of hydrogen-bond acceptors (Lipinski definition) is 2. The smallest absolute Gasteiger partial charge is 0.0797 e. The van der Waals surface area contributed by atoms with E-state index in [1.807, 2.05) is 6.07 Å². The van der Waals surface area contributed by atoms with Gasteiger partial charge in [-0.05, 0) is 37.8 Å². The Bertz CT molecular complexity index is 319. The predicted octanol–water partition coefficient (Wildman–Crippen LogP) is 3.54. The van der Waals surface area contributed by atoms with Crippen molar-refractivity contribution in [2.24, 2.45) is 5.92 Å². The van der Waals surface area contributed by atoms with Gasteiger partial charge in [0.2, 0.25) is 0 Å². The van der Waals surface area contributed by atoms with E-state index in [4.69, 9.17) is 4.74 Å². The lowest BCUT2D eigenvalue weighted by Crippen LogP contribution is -2.25. The molecule has 1 N–H and O–H groups in total. The average molecular weight is 247 g/mol. The van der Waals surface area contributed by atoms with Gasteiger partial charge in [0, 0.05) is 6.54 Å². The zero-order valence-electron chi connectivity index (χ0n) is 11.4. The highest BCUT2D eigenvalue weighted by molar-refractivity contribution is 5.16. The summed E-state index contributed by atoms with van der Waals surface area (Å²) in [6.45, 7) is 5.05. The van der Waals surface area contributed by atoms with Gasteiger partial charge in [0.1, 0.15) is 0 Å². The lowest BCUT2D eigenvalue weighted by atomic mass is 10.1. The minimum absolute atomic E-state index is 0.194. The van der Waals surface area contributed by atoms with E-state index < -0.39 is 0 Å². The second-order valence-corrected chi connectivity index (χ2v) is 5.28. The molecule has 1 unspecified atom stereocenters. The molecule has 100 valence electrons. The van der Waals surface area contributed by atoms with Crippen LogP contribution in [0.5, 0.6) is 0 Å². The van der Waals surface area contributed by atoms with Crippen LogP contribution in [0.3, 0.4) is 0 Å². The first-order valence-corrected chi connectivity index (χ1v) is 7.23. The van der Waals surface area contributed by atoms with Crippen molar-refractivity contribution in [3.05, 3.63) is 35.9 Å². The van der Waals surface area contributed by atoms with Crippen LogP contribution in [0.15, 0.2) is 30.3 Å². The first kappa shape index (κ1) is 13.6. The van der Waals surface area contributed by atoms with Gasteiger partial charge in [-0.15, -0.1) is 0 Å². The Morgan fingerprint density at radius 1 is 1.22 bits per heavy atom. The van der Waals surface area contributed by atoms with Crippen molar-refractivity contribution in [2.75, 3.05) is 19.7 Å². The maximum Gasteiger partial charge on any atom is 0.0797 e. The molecule has 0 bridgehead atoms. The highest BCUT2D eigenvalue weighted by Gasteiger charge is 2.13. The van der Waals surface area contributed by atoms with E-state index in [0.717, 1.165) is 19.1 Å². The Morgan fingerprint density at radius 3 is 2.67 bits per heavy atom. The maximum atomic E-state index is 5.83. The molecule has 1 fully saturated rings. The number of benzene rings is 1. The zero-order valence-corrected chi connectivity index (χ0v) is 11.4. The van der Waals surface area contributed by atoms with Crippen LogP contribution in [0.4, 0.5) is 0 Å². The standard InChI is InChI=1S/C16H25NO/c1-14(16-9-3-2-4-10-16)18-12-11-17-13-15-7-5-6-8-15/h2-4,9-10,14-15,17H,5-8,11-13H2,1H3. The molecule has 1 aliphatic rings. The molecule has 0 heterocycles. The van der Waals surface area contributed by atoms with Crippen LogP contribution in [0, 0.1) is 5.92 Å². The van der Waals surface area contributed by atoms with E-state index in [-0.39, 0.29) is 6.10 Å². The molecular weight excluding hydrogens is 222 g/mol. The van der Waals surface area contributed by atoms with Crippen molar-refractivity contribution in [3.8, 4) is 0 Å². The minimum atomic E-state index is 0.194. The Balaban J connectivity index is 1.55. The first-order valence-electron chi connectivity index (χ1n) is 7.23. The average Bonchev–Trinajstić information content (AvgIpc) is 2.92. The molecule has 1 saturated carbocycles. The van der Waals surface area contributed by atoms with Gasteiger partial charge in [0.25, 0.3) is 0 Å². The van der Waals surface area contributed by atoms with Crippen LogP contribution in [0.25, 0.3) is 0 Å². The van der Waals surface area contributed by atoms with Gasteiger partial charge in [-0.3, -0.25) is 0 Å². The van der Waals surface area contributed by atoms with Crippen LogP contribution in [0.2, 0.25) is 0 Å². The van der Waals surface area contributed by atoms with Crippen LogP contribution >= 0.6 is 0 Å². The molecule has 18 heavy (non-hydrogen) atoms. The Hall–Kier alpha value is -0.860. The summed E-state index contributed by atoms with van der Waals surface area (Å²) in [4.78, 5) is 0. The van der Waals surface area contributed by atoms with Gasteiger partial charge >= 0.3 is 0 Å². The van der Waals surface area contributed by atoms with Crippen LogP contribution in [0.1, 0.15) is 44.3 Å². The monoisotopic (exact) mass is 247 g/mol. The van der Waals surface area contributed by atoms with E-state index in [1.54, 1.807) is 0 Å². The lowest BCUT2D eigenvalue weighted by Gasteiger charge is -2.15. The third-order valence-corrected chi connectivity index (χ3v) is 3.82. The highest BCUT2D eigenvalue weighted by atomic mass is 16.5. The van der Waals surface area contributed by atoms with Crippen molar-refractivity contribution in [3.63, 3.8) is 0 Å². The Labute approximate surface area is 111 Å². The fourth-order valence-electron chi connectivity index (χ4n) is 2.65. The zero-order chi connectivity index (χ0) is 12.6. The summed E-state index contributed by atoms with van der Waals surface area (Å²) in [6.07, 6.45) is 5.86. The number of ether oxygens (including phenoxy) is 1. The van der Waals surface area contributed by atoms with E-state index in [0.29, 0.717) is 0 Å². The quantitative estimate of drug-likeness (QED) is 0.744. The van der Waals surface area contributed by atoms with E-state index >= 15 is 0 Å². The van der Waals surface area contributed by atoms with Crippen LogP contribution in [-0.4, -0.2) is 19.7 Å². The van der Waals surface area contributed by atoms with Gasteiger partial charge < -0.3 is 10.1 Å². The van der Waals surface area contributed by atoms with Crippen LogP contribution in [-0.2, 0) is 4.74 Å². The third kappa shape index (κ3) is 4.43. The molecule has 0 spiro atoms. The predicted molar refractivity (Wildman–Crippen MR) is 75.6 cm³/mol.